The number of rotatable bonds is 0. The van der Waals surface area contributed by atoms with Crippen LogP contribution in [0.25, 0.3) is 0 Å². The molecule has 8 heavy (non-hydrogen) atoms. The van der Waals surface area contributed by atoms with Crippen LogP contribution in [0.1, 0.15) is 0 Å². The van der Waals surface area contributed by atoms with E-state index in [1.807, 2.05) is 0 Å². The zero-order chi connectivity index (χ0) is 0. The van der Waals surface area contributed by atoms with Gasteiger partial charge in [-0.2, -0.15) is 0 Å². The van der Waals surface area contributed by atoms with Gasteiger partial charge in [0.15, 0.2) is 0 Å². The summed E-state index contributed by atoms with van der Waals surface area (Å²) in [6, 6.07) is 0. The topological polar surface area (TPSA) is 0 Å². The molecule has 0 aliphatic heterocycles. The third-order valence-corrected chi connectivity index (χ3v) is 0. The van der Waals surface area contributed by atoms with E-state index in [1.165, 1.54) is 0 Å². The van der Waals surface area contributed by atoms with Crippen molar-refractivity contribution in [3.8, 4) is 0 Å². The van der Waals surface area contributed by atoms with Gasteiger partial charge in [-0.05, 0) is 0 Å². The van der Waals surface area contributed by atoms with Crippen LogP contribution in [0.2, 0.25) is 0 Å². The molecule has 8 heteroatoms. The van der Waals surface area contributed by atoms with Gasteiger partial charge in [0.05, 0.1) is 0 Å². The minimum absolute atomic E-state index is 0. The molecule has 0 amide bonds. The van der Waals surface area contributed by atoms with E-state index in [-0.39, 0.29) is 274 Å². The second-order valence-electron chi connectivity index (χ2n) is 0. The predicted octanol–water partition coefficient (Wildman–Crippen LogP) is -2.75. The normalized spacial score (nSPS) is 0. The summed E-state index contributed by atoms with van der Waals surface area (Å²) < 4.78 is 0. The Morgan fingerprint density at radius 3 is 0.250 bits per heavy atom. The Balaban J connectivity index is 0. The van der Waals surface area contributed by atoms with Crippen LogP contribution in [0.5, 0.6) is 0 Å². The molecular weight excluding hydrogens is 1110 g/mol. The zero-order valence-electron chi connectivity index (χ0n) is 4.16. The first-order valence-corrected chi connectivity index (χ1v) is 0. The first-order chi connectivity index (χ1) is 0. The van der Waals surface area contributed by atoms with Gasteiger partial charge in [0.1, 0.15) is 0 Å². The molecular formula is H6Sm5Sn3. The molecule has 0 fully saturated rings. The van der Waals surface area contributed by atoms with Crippen LogP contribution in [-0.4, -0.2) is 71.7 Å². The molecule has 0 bridgehead atoms. The van der Waals surface area contributed by atoms with E-state index in [0.717, 1.165) is 0 Å². The molecule has 48 valence electrons. The maximum atomic E-state index is 0. The summed E-state index contributed by atoms with van der Waals surface area (Å²) in [4.78, 5) is 0. The molecule has 0 aromatic rings. The second kappa shape index (κ2) is 44.3. The summed E-state index contributed by atoms with van der Waals surface area (Å²) in [5.41, 5.74) is 0. The van der Waals surface area contributed by atoms with Crippen LogP contribution in [-0.2, 0) is 0 Å². The van der Waals surface area contributed by atoms with Gasteiger partial charge >= 0.3 is 71.7 Å². The van der Waals surface area contributed by atoms with Gasteiger partial charge in [0.2, 0.25) is 0 Å². The Hall–Kier alpha value is 9.08. The van der Waals surface area contributed by atoms with E-state index in [0.29, 0.717) is 0 Å². The van der Waals surface area contributed by atoms with Gasteiger partial charge < -0.3 is 0 Å². The van der Waals surface area contributed by atoms with Gasteiger partial charge in [-0.25, -0.2) is 0 Å². The van der Waals surface area contributed by atoms with Crippen molar-refractivity contribution in [2.24, 2.45) is 0 Å². The van der Waals surface area contributed by atoms with Crippen LogP contribution in [0, 0.1) is 202 Å². The fourth-order valence-corrected chi connectivity index (χ4v) is 0. The van der Waals surface area contributed by atoms with Crippen molar-refractivity contribution in [1.29, 1.82) is 0 Å². The molecule has 0 unspecified atom stereocenters. The van der Waals surface area contributed by atoms with Crippen molar-refractivity contribution in [3.05, 3.63) is 0 Å². The molecule has 6 radical (unpaired) electrons. The summed E-state index contributed by atoms with van der Waals surface area (Å²) in [5, 5.41) is 0. The molecule has 0 N–H and O–H groups in total. The van der Waals surface area contributed by atoms with E-state index in [9.17, 15) is 0 Å². The fraction of sp³-hybridized carbons (Fsp3) is 0. The van der Waals surface area contributed by atoms with E-state index in [1.54, 1.807) is 0 Å². The Kier molecular flexibility index (Phi) is 297. The summed E-state index contributed by atoms with van der Waals surface area (Å²) in [5.74, 6) is 0. The van der Waals surface area contributed by atoms with Crippen LogP contribution in [0.3, 0.4) is 0 Å². The van der Waals surface area contributed by atoms with Crippen molar-refractivity contribution in [2.75, 3.05) is 0 Å². The molecule has 0 spiro atoms. The molecule has 0 nitrogen and oxygen atoms in total. The Bertz CT molecular complexity index is 7.64. The number of hydrogen-bond donors (Lipinski definition) is 0. The van der Waals surface area contributed by atoms with Gasteiger partial charge in [0, 0.05) is 202 Å². The zero-order valence-corrected chi connectivity index (χ0v) is 29.4. The number of hydrogen-bond acceptors (Lipinski definition) is 0. The average Bonchev–Trinajstić information content (AvgIpc) is 0. The van der Waals surface area contributed by atoms with Crippen molar-refractivity contribution < 1.29 is 202 Å². The maximum absolute atomic E-state index is 0. The van der Waals surface area contributed by atoms with Crippen molar-refractivity contribution in [2.45, 2.75) is 0 Å². The first-order valence-electron chi connectivity index (χ1n) is 0. The Morgan fingerprint density at radius 2 is 0.250 bits per heavy atom. The summed E-state index contributed by atoms with van der Waals surface area (Å²) >= 11 is 0. The Morgan fingerprint density at radius 1 is 0.250 bits per heavy atom. The molecule has 0 saturated carbocycles. The van der Waals surface area contributed by atoms with E-state index in [2.05, 4.69) is 0 Å². The minimum atomic E-state index is 0. The van der Waals surface area contributed by atoms with E-state index >= 15 is 0 Å². The second-order valence-corrected chi connectivity index (χ2v) is 0. The predicted molar refractivity (Wildman–Crippen MR) is 25.6 cm³/mol. The van der Waals surface area contributed by atoms with Crippen LogP contribution in [0.15, 0.2) is 0 Å². The quantitative estimate of drug-likeness (QED) is 0.232. The van der Waals surface area contributed by atoms with Gasteiger partial charge in [0.25, 0.3) is 0 Å². The van der Waals surface area contributed by atoms with E-state index < -0.39 is 0 Å². The molecule has 0 aliphatic rings. The summed E-state index contributed by atoms with van der Waals surface area (Å²) in [7, 11) is 0. The average molecular weight is 1110 g/mol. The third-order valence-electron chi connectivity index (χ3n) is 0. The monoisotopic (exact) mass is 1130 g/mol. The van der Waals surface area contributed by atoms with Crippen LogP contribution < -0.4 is 0 Å². The summed E-state index contributed by atoms with van der Waals surface area (Å²) in [6.45, 7) is 0. The van der Waals surface area contributed by atoms with Gasteiger partial charge in [-0.3, -0.25) is 0 Å². The first kappa shape index (κ1) is 53.6. The molecule has 0 saturated heterocycles. The van der Waals surface area contributed by atoms with E-state index in [4.69, 9.17) is 0 Å². The van der Waals surface area contributed by atoms with Crippen LogP contribution >= 0.6 is 0 Å². The van der Waals surface area contributed by atoms with Crippen LogP contribution in [0.4, 0.5) is 0 Å². The standard InChI is InChI=1S/5Sm.3Sn.6H. The van der Waals surface area contributed by atoms with Gasteiger partial charge in [-0.1, -0.05) is 0 Å². The van der Waals surface area contributed by atoms with Crippen molar-refractivity contribution >= 4 is 71.7 Å². The molecule has 0 aromatic heterocycles. The van der Waals surface area contributed by atoms with Crippen molar-refractivity contribution in [1.82, 2.24) is 0 Å². The summed E-state index contributed by atoms with van der Waals surface area (Å²) in [6.07, 6.45) is 0. The molecule has 0 aromatic carbocycles. The third kappa shape index (κ3) is 36.3. The molecule has 0 aliphatic carbocycles. The van der Waals surface area contributed by atoms with Gasteiger partial charge in [-0.15, -0.1) is 0 Å². The molecule has 0 rings (SSSR count). The van der Waals surface area contributed by atoms with Crippen molar-refractivity contribution in [3.63, 3.8) is 0 Å². The molecule has 0 atom stereocenters. The Labute approximate surface area is 264 Å². The fourth-order valence-electron chi connectivity index (χ4n) is 0. The molecule has 0 heterocycles. The SMILES string of the molecule is [Sm].[Sm].[Sm].[Sm].[Sm].[SnH2].[SnH2].[SnH2].